The molecule has 0 heterocycles. The van der Waals surface area contributed by atoms with Crippen molar-refractivity contribution >= 4 is 23.1 Å². The van der Waals surface area contributed by atoms with E-state index in [0.29, 0.717) is 11.1 Å². The zero-order valence-electron chi connectivity index (χ0n) is 10.5. The van der Waals surface area contributed by atoms with E-state index >= 15 is 0 Å². The van der Waals surface area contributed by atoms with Gasteiger partial charge in [-0.2, -0.15) is 0 Å². The van der Waals surface area contributed by atoms with Crippen LogP contribution in [0.4, 0.5) is 0 Å². The summed E-state index contributed by atoms with van der Waals surface area (Å²) in [5, 5.41) is 0. The van der Waals surface area contributed by atoms with Crippen molar-refractivity contribution in [2.75, 3.05) is 0 Å². The van der Waals surface area contributed by atoms with Crippen molar-refractivity contribution in [3.8, 4) is 0 Å². The van der Waals surface area contributed by atoms with Crippen molar-refractivity contribution < 1.29 is 19.2 Å². The molecule has 0 bridgehead atoms. The van der Waals surface area contributed by atoms with Crippen LogP contribution in [0.1, 0.15) is 34.1 Å². The molecular formula is C13H16O4. The molecule has 0 aliphatic carbocycles. The molecule has 0 saturated carbocycles. The maximum atomic E-state index is 11.4. The highest BCUT2D eigenvalue weighted by Gasteiger charge is 2.08. The minimum Gasteiger partial charge on any atom is -0.295 e. The highest BCUT2D eigenvalue weighted by atomic mass is 16.2. The van der Waals surface area contributed by atoms with E-state index in [2.05, 4.69) is 0 Å². The first-order valence-corrected chi connectivity index (χ1v) is 5.18. The molecule has 0 spiro atoms. The standard InChI is InChI=1S/C13H16O4/c1-8(10(3)14)5-12(16)7-13(17)6-9(2)11(4)15/h5-6H,7H2,1-4H3. The van der Waals surface area contributed by atoms with Gasteiger partial charge in [0.05, 0.1) is 6.42 Å². The van der Waals surface area contributed by atoms with Gasteiger partial charge in [-0.15, -0.1) is 0 Å². The molecule has 92 valence electrons. The van der Waals surface area contributed by atoms with E-state index in [-0.39, 0.29) is 18.0 Å². The van der Waals surface area contributed by atoms with Crippen molar-refractivity contribution in [1.82, 2.24) is 0 Å². The van der Waals surface area contributed by atoms with E-state index < -0.39 is 11.6 Å². The number of rotatable bonds is 6. The van der Waals surface area contributed by atoms with Gasteiger partial charge in [0, 0.05) is 0 Å². The van der Waals surface area contributed by atoms with Crippen LogP contribution in [0.15, 0.2) is 23.3 Å². The molecule has 0 unspecified atom stereocenters. The van der Waals surface area contributed by atoms with Gasteiger partial charge in [0.25, 0.3) is 0 Å². The van der Waals surface area contributed by atoms with Crippen molar-refractivity contribution in [3.05, 3.63) is 23.3 Å². The highest BCUT2D eigenvalue weighted by Crippen LogP contribution is 2.00. The molecular weight excluding hydrogens is 220 g/mol. The van der Waals surface area contributed by atoms with E-state index in [1.807, 2.05) is 0 Å². The first-order valence-electron chi connectivity index (χ1n) is 5.18. The van der Waals surface area contributed by atoms with Gasteiger partial charge in [0.1, 0.15) is 0 Å². The normalized spacial score (nSPS) is 12.2. The van der Waals surface area contributed by atoms with Crippen LogP contribution in [0.5, 0.6) is 0 Å². The molecule has 0 aliphatic rings. The van der Waals surface area contributed by atoms with Crippen LogP contribution in [0.3, 0.4) is 0 Å². The van der Waals surface area contributed by atoms with Gasteiger partial charge in [0.2, 0.25) is 0 Å². The second kappa shape index (κ2) is 6.68. The fourth-order valence-electron chi connectivity index (χ4n) is 0.960. The Morgan fingerprint density at radius 1 is 0.706 bits per heavy atom. The number of Topliss-reactive ketones (excluding diaryl/α,β-unsaturated/α-hetero) is 2. The van der Waals surface area contributed by atoms with Crippen LogP contribution in [0.25, 0.3) is 0 Å². The molecule has 4 nitrogen and oxygen atoms in total. The van der Waals surface area contributed by atoms with E-state index in [0.717, 1.165) is 12.2 Å². The number of hydrogen-bond acceptors (Lipinski definition) is 4. The van der Waals surface area contributed by atoms with Gasteiger partial charge < -0.3 is 0 Å². The lowest BCUT2D eigenvalue weighted by Gasteiger charge is -1.96. The Labute approximate surface area is 100 Å². The summed E-state index contributed by atoms with van der Waals surface area (Å²) in [6, 6.07) is 0. The third kappa shape index (κ3) is 6.35. The van der Waals surface area contributed by atoms with Gasteiger partial charge in [-0.1, -0.05) is 0 Å². The van der Waals surface area contributed by atoms with Gasteiger partial charge in [0.15, 0.2) is 23.1 Å². The van der Waals surface area contributed by atoms with Crippen molar-refractivity contribution in [2.45, 2.75) is 34.1 Å². The Balaban J connectivity index is 4.58. The van der Waals surface area contributed by atoms with E-state index in [1.165, 1.54) is 27.7 Å². The average Bonchev–Trinajstić information content (AvgIpc) is 2.16. The number of hydrogen-bond donors (Lipinski definition) is 0. The van der Waals surface area contributed by atoms with Crippen LogP contribution in [-0.4, -0.2) is 23.1 Å². The topological polar surface area (TPSA) is 68.3 Å². The number of carbonyl (C=O) groups is 4. The van der Waals surface area contributed by atoms with E-state index in [9.17, 15) is 19.2 Å². The Hall–Kier alpha value is -1.84. The Morgan fingerprint density at radius 3 is 1.24 bits per heavy atom. The fourth-order valence-corrected chi connectivity index (χ4v) is 0.960. The van der Waals surface area contributed by atoms with Crippen LogP contribution in [0.2, 0.25) is 0 Å². The molecule has 0 aromatic carbocycles. The lowest BCUT2D eigenvalue weighted by Crippen LogP contribution is -2.06. The maximum Gasteiger partial charge on any atom is 0.163 e. The molecule has 0 aromatic heterocycles. The lowest BCUT2D eigenvalue weighted by atomic mass is 10.1. The number of carbonyl (C=O) groups excluding carboxylic acids is 4. The number of allylic oxidation sites excluding steroid dienone is 4. The second-order valence-corrected chi connectivity index (χ2v) is 3.88. The molecule has 0 N–H and O–H groups in total. The first kappa shape index (κ1) is 15.2. The van der Waals surface area contributed by atoms with Crippen molar-refractivity contribution in [1.29, 1.82) is 0 Å². The third-order valence-corrected chi connectivity index (χ3v) is 2.21. The summed E-state index contributed by atoms with van der Waals surface area (Å²) in [7, 11) is 0. The van der Waals surface area contributed by atoms with Gasteiger partial charge in [-0.25, -0.2) is 0 Å². The molecule has 0 aromatic rings. The smallest absolute Gasteiger partial charge is 0.163 e. The van der Waals surface area contributed by atoms with Crippen LogP contribution in [-0.2, 0) is 19.2 Å². The average molecular weight is 236 g/mol. The molecule has 0 rings (SSSR count). The fraction of sp³-hybridized carbons (Fsp3) is 0.385. The third-order valence-electron chi connectivity index (χ3n) is 2.21. The van der Waals surface area contributed by atoms with E-state index in [4.69, 9.17) is 0 Å². The summed E-state index contributed by atoms with van der Waals surface area (Å²) in [5.41, 5.74) is 0.630. The monoisotopic (exact) mass is 236 g/mol. The quantitative estimate of drug-likeness (QED) is 0.518. The Bertz CT molecular complexity index is 385. The molecule has 0 atom stereocenters. The van der Waals surface area contributed by atoms with Crippen molar-refractivity contribution in [3.63, 3.8) is 0 Å². The summed E-state index contributed by atoms with van der Waals surface area (Å²) < 4.78 is 0. The van der Waals surface area contributed by atoms with Gasteiger partial charge in [-0.3, -0.25) is 19.2 Å². The number of ketones is 4. The van der Waals surface area contributed by atoms with Gasteiger partial charge >= 0.3 is 0 Å². The predicted molar refractivity (Wildman–Crippen MR) is 63.5 cm³/mol. The maximum absolute atomic E-state index is 11.4. The molecule has 0 fully saturated rings. The molecule has 0 aliphatic heterocycles. The summed E-state index contributed by atoms with van der Waals surface area (Å²) >= 11 is 0. The van der Waals surface area contributed by atoms with Crippen LogP contribution < -0.4 is 0 Å². The largest absolute Gasteiger partial charge is 0.295 e. The Morgan fingerprint density at radius 2 is 1.00 bits per heavy atom. The van der Waals surface area contributed by atoms with E-state index in [1.54, 1.807) is 0 Å². The Kier molecular flexibility index (Phi) is 5.96. The highest BCUT2D eigenvalue weighted by molar-refractivity contribution is 6.12. The predicted octanol–water partition coefficient (Wildman–Crippen LogP) is 1.59. The molecule has 17 heavy (non-hydrogen) atoms. The molecule has 4 heteroatoms. The summed E-state index contributed by atoms with van der Waals surface area (Å²) in [5.74, 6) is -1.28. The summed E-state index contributed by atoms with van der Waals surface area (Å²) in [4.78, 5) is 44.5. The molecule has 0 radical (unpaired) electrons. The van der Waals surface area contributed by atoms with Crippen LogP contribution >= 0.6 is 0 Å². The summed E-state index contributed by atoms with van der Waals surface area (Å²) in [6.07, 6.45) is 1.98. The molecule has 0 saturated heterocycles. The second-order valence-electron chi connectivity index (χ2n) is 3.88. The summed E-state index contributed by atoms with van der Waals surface area (Å²) in [6.45, 7) is 5.73. The zero-order chi connectivity index (χ0) is 13.6. The molecule has 0 amide bonds. The SMILES string of the molecule is CC(=O)C(C)=CC(=O)CC(=O)C=C(C)C(C)=O. The first-order chi connectivity index (χ1) is 7.73. The lowest BCUT2D eigenvalue weighted by molar-refractivity contribution is -0.123. The van der Waals surface area contributed by atoms with Crippen molar-refractivity contribution in [2.24, 2.45) is 0 Å². The zero-order valence-corrected chi connectivity index (χ0v) is 10.5. The minimum atomic E-state index is -0.435. The van der Waals surface area contributed by atoms with Gasteiger partial charge in [-0.05, 0) is 51.0 Å². The van der Waals surface area contributed by atoms with Crippen LogP contribution in [0, 0.1) is 0 Å². The minimum absolute atomic E-state index is 0.207.